The zero-order chi connectivity index (χ0) is 15.7. The van der Waals surface area contributed by atoms with E-state index in [4.69, 9.17) is 5.11 Å². The Hall–Kier alpha value is -2.57. The van der Waals surface area contributed by atoms with Crippen molar-refractivity contribution in [1.29, 1.82) is 0 Å². The number of aromatic nitrogens is 3. The average molecular weight is 290 g/mol. The van der Waals surface area contributed by atoms with Gasteiger partial charge in [-0.05, 0) is 32.9 Å². The lowest BCUT2D eigenvalue weighted by Gasteiger charge is -2.13. The fraction of sp³-hybridized carbons (Fsp3) is 0.357. The number of carboxylic acid groups (broad SMARTS) is 1. The molecule has 2 aromatic heterocycles. The van der Waals surface area contributed by atoms with E-state index in [1.807, 2.05) is 30.5 Å². The summed E-state index contributed by atoms with van der Waals surface area (Å²) in [6.45, 7) is 5.28. The molecule has 0 aliphatic rings. The average Bonchev–Trinajstić information content (AvgIpc) is 2.93. The van der Waals surface area contributed by atoms with Crippen molar-refractivity contribution in [1.82, 2.24) is 19.7 Å². The lowest BCUT2D eigenvalue weighted by atomic mass is 10.2. The number of aryl methyl sites for hydroxylation is 3. The van der Waals surface area contributed by atoms with E-state index in [1.165, 1.54) is 13.1 Å². The van der Waals surface area contributed by atoms with Gasteiger partial charge in [0.15, 0.2) is 0 Å². The first-order chi connectivity index (χ1) is 9.82. The second kappa shape index (κ2) is 5.43. The monoisotopic (exact) mass is 290 g/mol. The summed E-state index contributed by atoms with van der Waals surface area (Å²) in [5.74, 6) is -0.923. The minimum Gasteiger partial charge on any atom is -0.480 e. The van der Waals surface area contributed by atoms with E-state index < -0.39 is 17.9 Å². The molecule has 0 aromatic carbocycles. The van der Waals surface area contributed by atoms with Crippen LogP contribution in [-0.4, -0.2) is 37.4 Å². The van der Waals surface area contributed by atoms with Gasteiger partial charge in [0.25, 0.3) is 5.91 Å². The van der Waals surface area contributed by atoms with Crippen molar-refractivity contribution >= 4 is 11.9 Å². The second-order valence-corrected chi connectivity index (χ2v) is 4.99. The van der Waals surface area contributed by atoms with Gasteiger partial charge in [-0.15, -0.1) is 0 Å². The lowest BCUT2D eigenvalue weighted by molar-refractivity contribution is -0.138. The highest BCUT2D eigenvalue weighted by Gasteiger charge is 2.22. The first-order valence-corrected chi connectivity index (χ1v) is 6.54. The van der Waals surface area contributed by atoms with Crippen LogP contribution in [0.1, 0.15) is 28.7 Å². The van der Waals surface area contributed by atoms with Crippen molar-refractivity contribution in [2.45, 2.75) is 26.8 Å². The molecular weight excluding hydrogens is 272 g/mol. The molecule has 0 saturated carbocycles. The van der Waals surface area contributed by atoms with Gasteiger partial charge in [0.2, 0.25) is 0 Å². The van der Waals surface area contributed by atoms with E-state index in [2.05, 4.69) is 10.4 Å². The molecule has 0 spiro atoms. The van der Waals surface area contributed by atoms with Crippen molar-refractivity contribution < 1.29 is 14.7 Å². The summed E-state index contributed by atoms with van der Waals surface area (Å²) in [6.07, 6.45) is 1.44. The van der Waals surface area contributed by atoms with Crippen LogP contribution in [0, 0.1) is 13.8 Å². The van der Waals surface area contributed by atoms with Gasteiger partial charge in [-0.2, -0.15) is 5.10 Å². The van der Waals surface area contributed by atoms with Crippen molar-refractivity contribution in [3.05, 3.63) is 35.3 Å². The Labute approximate surface area is 122 Å². The molecule has 2 aromatic rings. The largest absolute Gasteiger partial charge is 0.480 e. The van der Waals surface area contributed by atoms with Gasteiger partial charge in [-0.3, -0.25) is 14.3 Å². The van der Waals surface area contributed by atoms with Gasteiger partial charge < -0.3 is 15.0 Å². The SMILES string of the molecule is Cc1ccc(C)n1-c1c(C(=O)NC(C)C(=O)O)cnn1C. The molecule has 2 N–H and O–H groups in total. The Morgan fingerprint density at radius 1 is 1.29 bits per heavy atom. The molecule has 21 heavy (non-hydrogen) atoms. The Morgan fingerprint density at radius 3 is 2.38 bits per heavy atom. The number of carbonyl (C=O) groups excluding carboxylic acids is 1. The Morgan fingerprint density at radius 2 is 1.86 bits per heavy atom. The van der Waals surface area contributed by atoms with E-state index in [-0.39, 0.29) is 0 Å². The van der Waals surface area contributed by atoms with E-state index in [0.29, 0.717) is 11.4 Å². The number of carboxylic acids is 1. The first-order valence-electron chi connectivity index (χ1n) is 6.54. The maximum atomic E-state index is 12.3. The Balaban J connectivity index is 2.44. The molecule has 112 valence electrons. The van der Waals surface area contributed by atoms with Crippen molar-refractivity contribution in [3.63, 3.8) is 0 Å². The van der Waals surface area contributed by atoms with Crippen LogP contribution in [0.25, 0.3) is 5.82 Å². The van der Waals surface area contributed by atoms with Gasteiger partial charge in [0.05, 0.1) is 6.20 Å². The summed E-state index contributed by atoms with van der Waals surface area (Å²) in [5, 5.41) is 15.4. The molecular formula is C14H18N4O3. The number of nitrogens with zero attached hydrogens (tertiary/aromatic N) is 3. The predicted molar refractivity (Wildman–Crippen MR) is 76.6 cm³/mol. The van der Waals surface area contributed by atoms with E-state index in [0.717, 1.165) is 11.4 Å². The number of hydrogen-bond donors (Lipinski definition) is 2. The van der Waals surface area contributed by atoms with Crippen LogP contribution >= 0.6 is 0 Å². The molecule has 0 saturated heterocycles. The number of aliphatic carboxylic acids is 1. The lowest BCUT2D eigenvalue weighted by Crippen LogP contribution is -2.38. The molecule has 1 atom stereocenters. The first kappa shape index (κ1) is 14.8. The molecule has 7 nitrogen and oxygen atoms in total. The molecule has 0 radical (unpaired) electrons. The van der Waals surface area contributed by atoms with Gasteiger partial charge in [0.1, 0.15) is 17.4 Å². The fourth-order valence-corrected chi connectivity index (χ4v) is 2.20. The molecule has 0 aliphatic heterocycles. The number of amides is 1. The highest BCUT2D eigenvalue weighted by Crippen LogP contribution is 2.19. The van der Waals surface area contributed by atoms with Crippen LogP contribution in [0.5, 0.6) is 0 Å². The zero-order valence-corrected chi connectivity index (χ0v) is 12.4. The van der Waals surface area contributed by atoms with Gasteiger partial charge >= 0.3 is 5.97 Å². The van der Waals surface area contributed by atoms with E-state index >= 15 is 0 Å². The summed E-state index contributed by atoms with van der Waals surface area (Å²) in [7, 11) is 1.74. The molecule has 1 amide bonds. The summed E-state index contributed by atoms with van der Waals surface area (Å²) in [6, 6.07) is 2.94. The third-order valence-corrected chi connectivity index (χ3v) is 3.35. The second-order valence-electron chi connectivity index (χ2n) is 4.99. The van der Waals surface area contributed by atoms with Crippen molar-refractivity contribution in [2.75, 3.05) is 0 Å². The molecule has 0 bridgehead atoms. The van der Waals surface area contributed by atoms with Crippen LogP contribution in [0.15, 0.2) is 18.3 Å². The number of carbonyl (C=O) groups is 2. The number of nitrogens with one attached hydrogen (secondary N) is 1. The summed E-state index contributed by atoms with van der Waals surface area (Å²) < 4.78 is 3.51. The van der Waals surface area contributed by atoms with Crippen LogP contribution in [0.4, 0.5) is 0 Å². The van der Waals surface area contributed by atoms with Crippen LogP contribution in [0.2, 0.25) is 0 Å². The van der Waals surface area contributed by atoms with Crippen molar-refractivity contribution in [2.24, 2.45) is 7.05 Å². The molecule has 0 fully saturated rings. The van der Waals surface area contributed by atoms with Gasteiger partial charge in [-0.25, -0.2) is 0 Å². The fourth-order valence-electron chi connectivity index (χ4n) is 2.20. The summed E-state index contributed by atoms with van der Waals surface area (Å²) in [4.78, 5) is 23.1. The maximum Gasteiger partial charge on any atom is 0.325 e. The standard InChI is InChI=1S/C14H18N4O3/c1-8-5-6-9(2)18(8)13-11(7-15-17(13)4)12(19)16-10(3)14(20)21/h5-7,10H,1-4H3,(H,16,19)(H,20,21). The van der Waals surface area contributed by atoms with Crippen LogP contribution in [0.3, 0.4) is 0 Å². The smallest absolute Gasteiger partial charge is 0.325 e. The summed E-state index contributed by atoms with van der Waals surface area (Å²) in [5.41, 5.74) is 2.28. The third kappa shape index (κ3) is 2.67. The molecule has 7 heteroatoms. The van der Waals surface area contributed by atoms with E-state index in [1.54, 1.807) is 11.7 Å². The number of rotatable bonds is 4. The topological polar surface area (TPSA) is 89.2 Å². The highest BCUT2D eigenvalue weighted by atomic mass is 16.4. The Bertz CT molecular complexity index is 680. The maximum absolute atomic E-state index is 12.3. The van der Waals surface area contributed by atoms with Crippen LogP contribution in [-0.2, 0) is 11.8 Å². The number of hydrogen-bond acceptors (Lipinski definition) is 3. The molecule has 2 rings (SSSR count). The van der Waals surface area contributed by atoms with Gasteiger partial charge in [0, 0.05) is 18.4 Å². The quantitative estimate of drug-likeness (QED) is 0.880. The normalized spacial score (nSPS) is 12.2. The van der Waals surface area contributed by atoms with E-state index in [9.17, 15) is 9.59 Å². The Kier molecular flexibility index (Phi) is 3.84. The van der Waals surface area contributed by atoms with Crippen LogP contribution < -0.4 is 5.32 Å². The minimum absolute atomic E-state index is 0.341. The molecule has 2 heterocycles. The molecule has 1 unspecified atom stereocenters. The highest BCUT2D eigenvalue weighted by molar-refractivity contribution is 5.99. The minimum atomic E-state index is -1.08. The zero-order valence-electron chi connectivity index (χ0n) is 12.4. The molecule has 0 aliphatic carbocycles. The van der Waals surface area contributed by atoms with Gasteiger partial charge in [-0.1, -0.05) is 0 Å². The van der Waals surface area contributed by atoms with Crippen molar-refractivity contribution in [3.8, 4) is 5.82 Å². The third-order valence-electron chi connectivity index (χ3n) is 3.35. The predicted octanol–water partition coefficient (Wildman–Crippen LogP) is 1.03. The summed E-state index contributed by atoms with van der Waals surface area (Å²) >= 11 is 0.